The summed E-state index contributed by atoms with van der Waals surface area (Å²) in [4.78, 5) is 4.42. The summed E-state index contributed by atoms with van der Waals surface area (Å²) in [5, 5.41) is 7.77. The Morgan fingerprint density at radius 2 is 1.86 bits per heavy atom. The summed E-state index contributed by atoms with van der Waals surface area (Å²) in [6, 6.07) is 15.3. The highest BCUT2D eigenvalue weighted by Crippen LogP contribution is 2.19. The Balaban J connectivity index is 1.71. The second-order valence-corrected chi connectivity index (χ2v) is 5.10. The molecular formula is C16H14ClN3O. The Kier molecular flexibility index (Phi) is 3.88. The molecule has 0 unspecified atom stereocenters. The van der Waals surface area contributed by atoms with Gasteiger partial charge in [-0.05, 0) is 42.8 Å². The van der Waals surface area contributed by atoms with E-state index in [1.165, 1.54) is 0 Å². The van der Waals surface area contributed by atoms with E-state index in [2.05, 4.69) is 15.2 Å². The molecule has 106 valence electrons. The SMILES string of the molecule is Cc1ccccc1OCc1nc(-c2ccc(Cl)cc2)n[nH]1. The second kappa shape index (κ2) is 5.97. The van der Waals surface area contributed by atoms with Crippen LogP contribution in [0.2, 0.25) is 5.02 Å². The first-order chi connectivity index (χ1) is 10.2. The largest absolute Gasteiger partial charge is 0.485 e. The zero-order chi connectivity index (χ0) is 14.7. The van der Waals surface area contributed by atoms with Gasteiger partial charge in [0.15, 0.2) is 11.6 Å². The minimum Gasteiger partial charge on any atom is -0.485 e. The predicted octanol–water partition coefficient (Wildman–Crippen LogP) is 4.01. The van der Waals surface area contributed by atoms with Crippen LogP contribution in [0.3, 0.4) is 0 Å². The molecule has 5 heteroatoms. The fourth-order valence-corrected chi connectivity index (χ4v) is 2.08. The van der Waals surface area contributed by atoms with Crippen molar-refractivity contribution < 1.29 is 4.74 Å². The number of H-pyrrole nitrogens is 1. The number of aryl methyl sites for hydroxylation is 1. The van der Waals surface area contributed by atoms with Crippen molar-refractivity contribution in [2.45, 2.75) is 13.5 Å². The van der Waals surface area contributed by atoms with E-state index in [0.717, 1.165) is 16.9 Å². The molecule has 0 bridgehead atoms. The quantitative estimate of drug-likeness (QED) is 0.792. The van der Waals surface area contributed by atoms with Crippen LogP contribution in [0.25, 0.3) is 11.4 Å². The van der Waals surface area contributed by atoms with Crippen molar-refractivity contribution >= 4 is 11.6 Å². The maximum Gasteiger partial charge on any atom is 0.181 e. The zero-order valence-corrected chi connectivity index (χ0v) is 12.3. The first-order valence-electron chi connectivity index (χ1n) is 6.58. The lowest BCUT2D eigenvalue weighted by atomic mass is 10.2. The van der Waals surface area contributed by atoms with Gasteiger partial charge in [-0.1, -0.05) is 29.8 Å². The van der Waals surface area contributed by atoms with Gasteiger partial charge in [0.1, 0.15) is 12.4 Å². The zero-order valence-electron chi connectivity index (χ0n) is 11.5. The minimum absolute atomic E-state index is 0.353. The Morgan fingerprint density at radius 3 is 2.62 bits per heavy atom. The number of hydrogen-bond acceptors (Lipinski definition) is 3. The number of nitrogens with one attached hydrogen (secondary N) is 1. The summed E-state index contributed by atoms with van der Waals surface area (Å²) in [6.07, 6.45) is 0. The van der Waals surface area contributed by atoms with E-state index in [1.807, 2.05) is 55.5 Å². The lowest BCUT2D eigenvalue weighted by Crippen LogP contribution is -1.98. The van der Waals surface area contributed by atoms with Crippen LogP contribution in [-0.2, 0) is 6.61 Å². The average molecular weight is 300 g/mol. The molecule has 0 aliphatic carbocycles. The molecule has 1 N–H and O–H groups in total. The van der Waals surface area contributed by atoms with Crippen molar-refractivity contribution in [3.8, 4) is 17.1 Å². The highest BCUT2D eigenvalue weighted by molar-refractivity contribution is 6.30. The third-order valence-electron chi connectivity index (χ3n) is 3.09. The van der Waals surface area contributed by atoms with Crippen LogP contribution in [-0.4, -0.2) is 15.2 Å². The van der Waals surface area contributed by atoms with Gasteiger partial charge in [0, 0.05) is 10.6 Å². The van der Waals surface area contributed by atoms with Gasteiger partial charge in [-0.25, -0.2) is 4.98 Å². The molecule has 1 heterocycles. The number of aromatic nitrogens is 3. The van der Waals surface area contributed by atoms with Crippen molar-refractivity contribution in [3.63, 3.8) is 0 Å². The van der Waals surface area contributed by atoms with E-state index in [9.17, 15) is 0 Å². The summed E-state index contributed by atoms with van der Waals surface area (Å²) in [5.74, 6) is 2.17. The second-order valence-electron chi connectivity index (χ2n) is 4.67. The maximum atomic E-state index is 5.87. The first-order valence-corrected chi connectivity index (χ1v) is 6.96. The van der Waals surface area contributed by atoms with E-state index >= 15 is 0 Å². The van der Waals surface area contributed by atoms with E-state index < -0.39 is 0 Å². The van der Waals surface area contributed by atoms with Crippen molar-refractivity contribution in [3.05, 3.63) is 64.9 Å². The van der Waals surface area contributed by atoms with Gasteiger partial charge in [-0.2, -0.15) is 5.10 Å². The van der Waals surface area contributed by atoms with Gasteiger partial charge in [0.25, 0.3) is 0 Å². The Hall–Kier alpha value is -2.33. The van der Waals surface area contributed by atoms with Gasteiger partial charge in [0.2, 0.25) is 0 Å². The molecule has 0 atom stereocenters. The van der Waals surface area contributed by atoms with Gasteiger partial charge in [0.05, 0.1) is 0 Å². The van der Waals surface area contributed by atoms with E-state index in [-0.39, 0.29) is 0 Å². The molecular weight excluding hydrogens is 286 g/mol. The molecule has 0 radical (unpaired) electrons. The highest BCUT2D eigenvalue weighted by atomic mass is 35.5. The molecule has 2 aromatic carbocycles. The minimum atomic E-state index is 0.353. The van der Waals surface area contributed by atoms with Crippen LogP contribution < -0.4 is 4.74 Å². The van der Waals surface area contributed by atoms with Gasteiger partial charge in [-0.15, -0.1) is 0 Å². The van der Waals surface area contributed by atoms with Crippen LogP contribution in [0, 0.1) is 6.92 Å². The van der Waals surface area contributed by atoms with Crippen molar-refractivity contribution in [2.75, 3.05) is 0 Å². The molecule has 0 spiro atoms. The Labute approximate surface area is 127 Å². The van der Waals surface area contributed by atoms with Crippen LogP contribution in [0.1, 0.15) is 11.4 Å². The van der Waals surface area contributed by atoms with Crippen LogP contribution in [0.5, 0.6) is 5.75 Å². The van der Waals surface area contributed by atoms with Crippen molar-refractivity contribution in [1.29, 1.82) is 0 Å². The third kappa shape index (κ3) is 3.23. The standard InChI is InChI=1S/C16H14ClN3O/c1-11-4-2-3-5-14(11)21-10-15-18-16(20-19-15)12-6-8-13(17)9-7-12/h2-9H,10H2,1H3,(H,18,19,20). The Bertz CT molecular complexity index is 737. The van der Waals surface area contributed by atoms with Gasteiger partial charge < -0.3 is 4.74 Å². The molecule has 0 saturated heterocycles. The molecule has 0 aliphatic rings. The van der Waals surface area contributed by atoms with Crippen molar-refractivity contribution in [1.82, 2.24) is 15.2 Å². The topological polar surface area (TPSA) is 50.8 Å². The lowest BCUT2D eigenvalue weighted by molar-refractivity contribution is 0.294. The average Bonchev–Trinajstić information content (AvgIpc) is 2.96. The van der Waals surface area contributed by atoms with E-state index in [0.29, 0.717) is 23.3 Å². The van der Waals surface area contributed by atoms with Gasteiger partial charge in [-0.3, -0.25) is 5.10 Å². The van der Waals surface area contributed by atoms with Crippen molar-refractivity contribution in [2.24, 2.45) is 0 Å². The molecule has 0 amide bonds. The number of rotatable bonds is 4. The number of hydrogen-bond donors (Lipinski definition) is 1. The normalized spacial score (nSPS) is 10.6. The molecule has 3 aromatic rings. The smallest absolute Gasteiger partial charge is 0.181 e. The van der Waals surface area contributed by atoms with Crippen LogP contribution in [0.4, 0.5) is 0 Å². The number of nitrogens with zero attached hydrogens (tertiary/aromatic N) is 2. The van der Waals surface area contributed by atoms with Crippen LogP contribution in [0.15, 0.2) is 48.5 Å². The fraction of sp³-hybridized carbons (Fsp3) is 0.125. The summed E-state index contributed by atoms with van der Waals surface area (Å²) >= 11 is 5.87. The number of halogens is 1. The highest BCUT2D eigenvalue weighted by Gasteiger charge is 2.07. The molecule has 4 nitrogen and oxygen atoms in total. The van der Waals surface area contributed by atoms with E-state index in [4.69, 9.17) is 16.3 Å². The lowest BCUT2D eigenvalue weighted by Gasteiger charge is -2.06. The number of ether oxygens (including phenoxy) is 1. The summed E-state index contributed by atoms with van der Waals surface area (Å²) in [6.45, 7) is 2.36. The number of para-hydroxylation sites is 1. The Morgan fingerprint density at radius 1 is 1.10 bits per heavy atom. The molecule has 0 saturated carbocycles. The van der Waals surface area contributed by atoms with E-state index in [1.54, 1.807) is 0 Å². The van der Waals surface area contributed by atoms with Crippen LogP contribution >= 0.6 is 11.6 Å². The first kappa shape index (κ1) is 13.6. The number of benzene rings is 2. The van der Waals surface area contributed by atoms with Gasteiger partial charge >= 0.3 is 0 Å². The molecule has 0 fully saturated rings. The predicted molar refractivity (Wildman–Crippen MR) is 82.3 cm³/mol. The fourth-order valence-electron chi connectivity index (χ4n) is 1.95. The summed E-state index contributed by atoms with van der Waals surface area (Å²) in [5.41, 5.74) is 2.01. The third-order valence-corrected chi connectivity index (χ3v) is 3.34. The summed E-state index contributed by atoms with van der Waals surface area (Å²) < 4.78 is 5.74. The molecule has 0 aliphatic heterocycles. The molecule has 1 aromatic heterocycles. The monoisotopic (exact) mass is 299 g/mol. The maximum absolute atomic E-state index is 5.87. The molecule has 21 heavy (non-hydrogen) atoms. The number of aromatic amines is 1. The summed E-state index contributed by atoms with van der Waals surface area (Å²) in [7, 11) is 0. The molecule has 3 rings (SSSR count).